The van der Waals surface area contributed by atoms with Crippen molar-refractivity contribution in [3.8, 4) is 11.6 Å². The van der Waals surface area contributed by atoms with E-state index in [1.807, 2.05) is 12.1 Å². The number of nitrogens with one attached hydrogen (secondary N) is 1. The van der Waals surface area contributed by atoms with Crippen LogP contribution in [0.3, 0.4) is 0 Å². The van der Waals surface area contributed by atoms with Crippen LogP contribution in [0, 0.1) is 6.92 Å². The minimum absolute atomic E-state index is 0.516. The maximum Gasteiger partial charge on any atom is 0.238 e. The Morgan fingerprint density at radius 1 is 1.24 bits per heavy atom. The second-order valence-electron chi connectivity index (χ2n) is 5.40. The quantitative estimate of drug-likeness (QED) is 0.876. The highest BCUT2D eigenvalue weighted by Gasteiger charge is 2.06. The van der Waals surface area contributed by atoms with Gasteiger partial charge in [-0.15, -0.1) is 0 Å². The molecule has 0 atom stereocenters. The molecule has 21 heavy (non-hydrogen) atoms. The molecular weight excluding hydrogens is 262 g/mol. The SMILES string of the molecule is CCNCc1cncc(Oc2ccc(C(C)C)c(C)c2)n1. The maximum atomic E-state index is 5.81. The molecule has 0 unspecified atom stereocenters. The van der Waals surface area contributed by atoms with Gasteiger partial charge in [-0.25, -0.2) is 4.98 Å². The van der Waals surface area contributed by atoms with Crippen molar-refractivity contribution in [3.63, 3.8) is 0 Å². The Morgan fingerprint density at radius 3 is 2.71 bits per heavy atom. The molecule has 0 aliphatic carbocycles. The highest BCUT2D eigenvalue weighted by molar-refractivity contribution is 5.37. The molecule has 0 amide bonds. The molecule has 0 fully saturated rings. The molecule has 1 heterocycles. The lowest BCUT2D eigenvalue weighted by Crippen LogP contribution is -2.13. The fourth-order valence-corrected chi connectivity index (χ4v) is 2.25. The summed E-state index contributed by atoms with van der Waals surface area (Å²) in [5, 5.41) is 3.23. The Kier molecular flexibility index (Phi) is 5.28. The molecule has 0 bridgehead atoms. The molecule has 0 aliphatic heterocycles. The molecule has 4 nitrogen and oxygen atoms in total. The second kappa shape index (κ2) is 7.18. The predicted molar refractivity (Wildman–Crippen MR) is 84.8 cm³/mol. The van der Waals surface area contributed by atoms with Crippen molar-refractivity contribution in [2.24, 2.45) is 0 Å². The van der Waals surface area contributed by atoms with Crippen molar-refractivity contribution in [1.29, 1.82) is 0 Å². The summed E-state index contributed by atoms with van der Waals surface area (Å²) in [5.74, 6) is 1.84. The van der Waals surface area contributed by atoms with Gasteiger partial charge in [-0.2, -0.15) is 0 Å². The van der Waals surface area contributed by atoms with Gasteiger partial charge in [0.2, 0.25) is 5.88 Å². The second-order valence-corrected chi connectivity index (χ2v) is 5.40. The van der Waals surface area contributed by atoms with Gasteiger partial charge in [0, 0.05) is 12.7 Å². The minimum Gasteiger partial charge on any atom is -0.437 e. The van der Waals surface area contributed by atoms with E-state index in [0.717, 1.165) is 18.0 Å². The van der Waals surface area contributed by atoms with Crippen LogP contribution in [0.4, 0.5) is 0 Å². The van der Waals surface area contributed by atoms with E-state index in [-0.39, 0.29) is 0 Å². The zero-order valence-electron chi connectivity index (χ0n) is 13.2. The highest BCUT2D eigenvalue weighted by Crippen LogP contribution is 2.26. The van der Waals surface area contributed by atoms with Gasteiger partial charge < -0.3 is 10.1 Å². The molecule has 2 aromatic rings. The number of ether oxygens (including phenoxy) is 1. The third-order valence-electron chi connectivity index (χ3n) is 3.30. The summed E-state index contributed by atoms with van der Waals surface area (Å²) in [6.07, 6.45) is 3.39. The number of rotatable bonds is 6. The number of nitrogens with zero attached hydrogens (tertiary/aromatic N) is 2. The van der Waals surface area contributed by atoms with Crippen molar-refractivity contribution in [2.45, 2.75) is 40.2 Å². The van der Waals surface area contributed by atoms with Crippen LogP contribution in [0.1, 0.15) is 43.5 Å². The van der Waals surface area contributed by atoms with Crippen molar-refractivity contribution < 1.29 is 4.74 Å². The monoisotopic (exact) mass is 285 g/mol. The molecule has 0 saturated carbocycles. The molecule has 2 rings (SSSR count). The predicted octanol–water partition coefficient (Wildman–Crippen LogP) is 3.81. The molecule has 1 aromatic heterocycles. The summed E-state index contributed by atoms with van der Waals surface area (Å²) < 4.78 is 5.81. The number of hydrogen-bond acceptors (Lipinski definition) is 4. The third kappa shape index (κ3) is 4.26. The van der Waals surface area contributed by atoms with Gasteiger partial charge in [-0.05, 0) is 42.6 Å². The van der Waals surface area contributed by atoms with Gasteiger partial charge in [-0.3, -0.25) is 4.98 Å². The first-order valence-electron chi connectivity index (χ1n) is 7.40. The van der Waals surface area contributed by atoms with Crippen LogP contribution in [0.2, 0.25) is 0 Å². The van der Waals surface area contributed by atoms with Crippen LogP contribution in [0.25, 0.3) is 0 Å². The standard InChI is InChI=1S/C17H23N3O/c1-5-18-9-14-10-19-11-17(20-14)21-15-6-7-16(12(2)3)13(4)8-15/h6-8,10-12,18H,5,9H2,1-4H3. The average molecular weight is 285 g/mol. The zero-order chi connectivity index (χ0) is 15.2. The first kappa shape index (κ1) is 15.4. The van der Waals surface area contributed by atoms with Crippen LogP contribution in [0.15, 0.2) is 30.6 Å². The molecule has 112 valence electrons. The normalized spacial score (nSPS) is 10.9. The largest absolute Gasteiger partial charge is 0.437 e. The van der Waals surface area contributed by atoms with E-state index in [2.05, 4.69) is 49.0 Å². The van der Waals surface area contributed by atoms with Gasteiger partial charge in [0.1, 0.15) is 5.75 Å². The van der Waals surface area contributed by atoms with Crippen molar-refractivity contribution in [3.05, 3.63) is 47.4 Å². The summed E-state index contributed by atoms with van der Waals surface area (Å²) in [6, 6.07) is 6.15. The van der Waals surface area contributed by atoms with E-state index in [9.17, 15) is 0 Å². The van der Waals surface area contributed by atoms with Gasteiger partial charge >= 0.3 is 0 Å². The van der Waals surface area contributed by atoms with Gasteiger partial charge in [0.05, 0.1) is 11.9 Å². The number of aromatic nitrogens is 2. The van der Waals surface area contributed by atoms with Crippen molar-refractivity contribution in [2.75, 3.05) is 6.54 Å². The Labute approximate surface area is 126 Å². The fraction of sp³-hybridized carbons (Fsp3) is 0.412. The Bertz CT molecular complexity index is 596. The molecule has 0 aliphatic rings. The van der Waals surface area contributed by atoms with E-state index < -0.39 is 0 Å². The van der Waals surface area contributed by atoms with E-state index in [4.69, 9.17) is 4.74 Å². The molecule has 0 radical (unpaired) electrons. The van der Waals surface area contributed by atoms with E-state index in [1.54, 1.807) is 12.4 Å². The number of benzene rings is 1. The lowest BCUT2D eigenvalue weighted by Gasteiger charge is -2.12. The molecule has 0 spiro atoms. The Hall–Kier alpha value is -1.94. The summed E-state index contributed by atoms with van der Waals surface area (Å²) >= 11 is 0. The summed E-state index contributed by atoms with van der Waals surface area (Å²) in [4.78, 5) is 8.62. The number of hydrogen-bond donors (Lipinski definition) is 1. The van der Waals surface area contributed by atoms with E-state index >= 15 is 0 Å². The lowest BCUT2D eigenvalue weighted by molar-refractivity contribution is 0.456. The first-order valence-corrected chi connectivity index (χ1v) is 7.40. The third-order valence-corrected chi connectivity index (χ3v) is 3.30. The van der Waals surface area contributed by atoms with Crippen LogP contribution < -0.4 is 10.1 Å². The molecule has 1 aromatic carbocycles. The zero-order valence-corrected chi connectivity index (χ0v) is 13.2. The number of aryl methyl sites for hydroxylation is 1. The van der Waals surface area contributed by atoms with Crippen LogP contribution in [-0.2, 0) is 6.54 Å². The average Bonchev–Trinajstić information content (AvgIpc) is 2.45. The Morgan fingerprint density at radius 2 is 2.05 bits per heavy atom. The lowest BCUT2D eigenvalue weighted by atomic mass is 9.98. The van der Waals surface area contributed by atoms with Crippen LogP contribution in [-0.4, -0.2) is 16.5 Å². The van der Waals surface area contributed by atoms with Crippen LogP contribution >= 0.6 is 0 Å². The summed E-state index contributed by atoms with van der Waals surface area (Å²) in [7, 11) is 0. The minimum atomic E-state index is 0.516. The molecular formula is C17H23N3O. The molecule has 1 N–H and O–H groups in total. The first-order chi connectivity index (χ1) is 10.1. The van der Waals surface area contributed by atoms with Crippen molar-refractivity contribution >= 4 is 0 Å². The molecule has 4 heteroatoms. The Balaban J connectivity index is 2.12. The van der Waals surface area contributed by atoms with Gasteiger partial charge in [0.25, 0.3) is 0 Å². The van der Waals surface area contributed by atoms with E-state index in [1.165, 1.54) is 11.1 Å². The van der Waals surface area contributed by atoms with Gasteiger partial charge in [0.15, 0.2) is 0 Å². The van der Waals surface area contributed by atoms with Crippen molar-refractivity contribution in [1.82, 2.24) is 15.3 Å². The molecule has 0 saturated heterocycles. The smallest absolute Gasteiger partial charge is 0.238 e. The van der Waals surface area contributed by atoms with Crippen LogP contribution in [0.5, 0.6) is 11.6 Å². The van der Waals surface area contributed by atoms with E-state index in [0.29, 0.717) is 18.3 Å². The maximum absolute atomic E-state index is 5.81. The van der Waals surface area contributed by atoms with Gasteiger partial charge in [-0.1, -0.05) is 26.8 Å². The topological polar surface area (TPSA) is 47.0 Å². The summed E-state index contributed by atoms with van der Waals surface area (Å²) in [5.41, 5.74) is 3.46. The highest BCUT2D eigenvalue weighted by atomic mass is 16.5. The summed E-state index contributed by atoms with van der Waals surface area (Å²) in [6.45, 7) is 10.2. The fourth-order valence-electron chi connectivity index (χ4n) is 2.25.